The van der Waals surface area contributed by atoms with Crippen molar-refractivity contribution in [2.24, 2.45) is 0 Å². The van der Waals surface area contributed by atoms with Crippen LogP contribution >= 0.6 is 0 Å². The molecule has 28 heavy (non-hydrogen) atoms. The van der Waals surface area contributed by atoms with E-state index < -0.39 is 0 Å². The number of carbonyl (C=O) groups excluding carboxylic acids is 1. The van der Waals surface area contributed by atoms with Crippen molar-refractivity contribution in [3.05, 3.63) is 83.2 Å². The maximum absolute atomic E-state index is 12.3. The van der Waals surface area contributed by atoms with Gasteiger partial charge in [-0.05, 0) is 61.2 Å². The fourth-order valence-corrected chi connectivity index (χ4v) is 3.00. The van der Waals surface area contributed by atoms with Crippen molar-refractivity contribution in [1.29, 1.82) is 0 Å². The number of hydrogen-bond donors (Lipinski definition) is 2. The molecule has 0 spiro atoms. The van der Waals surface area contributed by atoms with Gasteiger partial charge in [-0.2, -0.15) is 0 Å². The molecule has 0 aliphatic heterocycles. The van der Waals surface area contributed by atoms with Crippen LogP contribution in [-0.4, -0.2) is 24.5 Å². The zero-order valence-electron chi connectivity index (χ0n) is 16.5. The number of rotatable bonds is 7. The lowest BCUT2D eigenvalue weighted by molar-refractivity contribution is 0.0949. The monoisotopic (exact) mass is 375 g/mol. The van der Waals surface area contributed by atoms with E-state index in [0.717, 1.165) is 29.1 Å². The first-order valence-electron chi connectivity index (χ1n) is 9.27. The van der Waals surface area contributed by atoms with Crippen LogP contribution in [-0.2, 0) is 6.42 Å². The van der Waals surface area contributed by atoms with Gasteiger partial charge in [0.15, 0.2) is 0 Å². The number of carbonyl (C=O) groups is 1. The van der Waals surface area contributed by atoms with E-state index in [2.05, 4.69) is 41.6 Å². The zero-order valence-corrected chi connectivity index (χ0v) is 16.5. The first-order chi connectivity index (χ1) is 13.6. The Morgan fingerprint density at radius 2 is 1.79 bits per heavy atom. The average molecular weight is 375 g/mol. The third-order valence-electron chi connectivity index (χ3n) is 4.58. The molecule has 0 fully saturated rings. The van der Waals surface area contributed by atoms with E-state index in [1.165, 1.54) is 11.1 Å². The molecular weight excluding hydrogens is 350 g/mol. The molecule has 1 aromatic heterocycles. The Hall–Kier alpha value is -3.34. The van der Waals surface area contributed by atoms with Crippen molar-refractivity contribution < 1.29 is 9.53 Å². The highest BCUT2D eigenvalue weighted by Crippen LogP contribution is 2.23. The Morgan fingerprint density at radius 3 is 2.46 bits per heavy atom. The summed E-state index contributed by atoms with van der Waals surface area (Å²) < 4.78 is 5.22. The average Bonchev–Trinajstić information content (AvgIpc) is 2.71. The number of nitrogens with zero attached hydrogens (tertiary/aromatic N) is 1. The maximum Gasteiger partial charge on any atom is 0.269 e. The van der Waals surface area contributed by atoms with Crippen LogP contribution in [0.2, 0.25) is 0 Å². The smallest absolute Gasteiger partial charge is 0.269 e. The summed E-state index contributed by atoms with van der Waals surface area (Å²) in [6, 6.07) is 17.6. The van der Waals surface area contributed by atoms with Gasteiger partial charge in [-0.3, -0.25) is 4.79 Å². The maximum atomic E-state index is 12.3. The number of para-hydroxylation sites is 1. The number of methoxy groups -OCH3 is 1. The molecule has 0 aliphatic rings. The highest BCUT2D eigenvalue weighted by Gasteiger charge is 2.08. The molecule has 2 N–H and O–H groups in total. The number of pyridine rings is 1. The highest BCUT2D eigenvalue weighted by molar-refractivity contribution is 5.92. The predicted molar refractivity (Wildman–Crippen MR) is 112 cm³/mol. The lowest BCUT2D eigenvalue weighted by atomic mass is 10.1. The Labute approximate surface area is 165 Å². The molecule has 144 valence electrons. The molecule has 1 amide bonds. The summed E-state index contributed by atoms with van der Waals surface area (Å²) >= 11 is 0. The summed E-state index contributed by atoms with van der Waals surface area (Å²) in [5.74, 6) is 0.638. The molecule has 3 rings (SSSR count). The minimum Gasteiger partial charge on any atom is -0.497 e. The van der Waals surface area contributed by atoms with Gasteiger partial charge < -0.3 is 15.4 Å². The molecule has 2 aromatic carbocycles. The van der Waals surface area contributed by atoms with Gasteiger partial charge in [-0.15, -0.1) is 0 Å². The molecule has 5 nitrogen and oxygen atoms in total. The first-order valence-corrected chi connectivity index (χ1v) is 9.27. The highest BCUT2D eigenvalue weighted by atomic mass is 16.5. The molecule has 0 radical (unpaired) electrons. The van der Waals surface area contributed by atoms with Gasteiger partial charge in [-0.1, -0.05) is 30.3 Å². The van der Waals surface area contributed by atoms with Gasteiger partial charge in [0.25, 0.3) is 5.91 Å². The van der Waals surface area contributed by atoms with Crippen LogP contribution in [0.4, 0.5) is 11.4 Å². The molecule has 0 aliphatic carbocycles. The molecule has 0 unspecified atom stereocenters. The summed E-state index contributed by atoms with van der Waals surface area (Å²) in [6.07, 6.45) is 2.41. The van der Waals surface area contributed by atoms with E-state index in [-0.39, 0.29) is 5.91 Å². The van der Waals surface area contributed by atoms with Crippen LogP contribution in [0.15, 0.2) is 60.8 Å². The lowest BCUT2D eigenvalue weighted by Gasteiger charge is -2.12. The summed E-state index contributed by atoms with van der Waals surface area (Å²) in [5.41, 5.74) is 5.77. The number of anilines is 2. The molecule has 0 atom stereocenters. The molecule has 0 saturated heterocycles. The molecule has 1 heterocycles. The van der Waals surface area contributed by atoms with E-state index in [1.54, 1.807) is 19.4 Å². The largest absolute Gasteiger partial charge is 0.497 e. The van der Waals surface area contributed by atoms with Gasteiger partial charge in [0.1, 0.15) is 11.4 Å². The van der Waals surface area contributed by atoms with Crippen molar-refractivity contribution in [3.63, 3.8) is 0 Å². The third-order valence-corrected chi connectivity index (χ3v) is 4.58. The number of ether oxygens (including phenoxy) is 1. The number of nitrogens with one attached hydrogen (secondary N) is 2. The van der Waals surface area contributed by atoms with Crippen molar-refractivity contribution in [2.75, 3.05) is 19.0 Å². The van der Waals surface area contributed by atoms with Crippen molar-refractivity contribution in [2.45, 2.75) is 20.3 Å². The second kappa shape index (κ2) is 9.04. The van der Waals surface area contributed by atoms with E-state index in [4.69, 9.17) is 4.74 Å². The first kappa shape index (κ1) is 19.4. The Kier molecular flexibility index (Phi) is 6.27. The van der Waals surface area contributed by atoms with Gasteiger partial charge in [-0.25, -0.2) is 4.98 Å². The van der Waals surface area contributed by atoms with Crippen LogP contribution in [0.25, 0.3) is 0 Å². The molecule has 0 bridgehead atoms. The quantitative estimate of drug-likeness (QED) is 0.641. The number of hydrogen-bond acceptors (Lipinski definition) is 4. The SMILES string of the molecule is COc1cccc(CCNC(=O)c2ccc(Nc3c(C)cccc3C)cn2)c1. The van der Waals surface area contributed by atoms with Gasteiger partial charge in [0.2, 0.25) is 0 Å². The Bertz CT molecular complexity index is 932. The Balaban J connectivity index is 1.56. The number of aryl methyl sites for hydroxylation is 2. The van der Waals surface area contributed by atoms with E-state index in [1.807, 2.05) is 36.4 Å². The second-order valence-electron chi connectivity index (χ2n) is 6.68. The van der Waals surface area contributed by atoms with Crippen molar-refractivity contribution in [1.82, 2.24) is 10.3 Å². The Morgan fingerprint density at radius 1 is 1.04 bits per heavy atom. The molecule has 0 saturated carbocycles. The molecule has 3 aromatic rings. The lowest BCUT2D eigenvalue weighted by Crippen LogP contribution is -2.26. The predicted octanol–water partition coefficient (Wildman–Crippen LogP) is 4.42. The van der Waals surface area contributed by atoms with Gasteiger partial charge in [0, 0.05) is 12.2 Å². The van der Waals surface area contributed by atoms with Crippen LogP contribution in [0.5, 0.6) is 5.75 Å². The van der Waals surface area contributed by atoms with E-state index >= 15 is 0 Å². The standard InChI is InChI=1S/C23H25N3O2/c1-16-6-4-7-17(2)22(16)26-19-10-11-21(25-15-19)23(27)24-13-12-18-8-5-9-20(14-18)28-3/h4-11,14-15,26H,12-13H2,1-3H3,(H,24,27). The van der Waals surface area contributed by atoms with Gasteiger partial charge >= 0.3 is 0 Å². The number of amides is 1. The minimum absolute atomic E-state index is 0.179. The fourth-order valence-electron chi connectivity index (χ4n) is 3.00. The second-order valence-corrected chi connectivity index (χ2v) is 6.68. The van der Waals surface area contributed by atoms with E-state index in [9.17, 15) is 4.79 Å². The molecule has 5 heteroatoms. The topological polar surface area (TPSA) is 63.2 Å². The van der Waals surface area contributed by atoms with Crippen molar-refractivity contribution in [3.8, 4) is 5.75 Å². The van der Waals surface area contributed by atoms with Crippen LogP contribution in [0.3, 0.4) is 0 Å². The summed E-state index contributed by atoms with van der Waals surface area (Å²) in [4.78, 5) is 16.6. The number of aromatic nitrogens is 1. The van der Waals surface area contributed by atoms with Crippen LogP contribution in [0, 0.1) is 13.8 Å². The zero-order chi connectivity index (χ0) is 19.9. The molecular formula is C23H25N3O2. The van der Waals surface area contributed by atoms with E-state index in [0.29, 0.717) is 12.2 Å². The van der Waals surface area contributed by atoms with Crippen LogP contribution < -0.4 is 15.4 Å². The van der Waals surface area contributed by atoms with Crippen LogP contribution in [0.1, 0.15) is 27.2 Å². The normalized spacial score (nSPS) is 10.4. The third kappa shape index (κ3) is 4.88. The fraction of sp³-hybridized carbons (Fsp3) is 0.217. The van der Waals surface area contributed by atoms with Crippen molar-refractivity contribution >= 4 is 17.3 Å². The van der Waals surface area contributed by atoms with Gasteiger partial charge in [0.05, 0.1) is 19.0 Å². The minimum atomic E-state index is -0.179. The summed E-state index contributed by atoms with van der Waals surface area (Å²) in [5, 5.41) is 6.29. The summed E-state index contributed by atoms with van der Waals surface area (Å²) in [7, 11) is 1.64. The summed E-state index contributed by atoms with van der Waals surface area (Å²) in [6.45, 7) is 4.66. The number of benzene rings is 2.